The summed E-state index contributed by atoms with van der Waals surface area (Å²) in [6.07, 6.45) is 8.75. The zero-order valence-corrected chi connectivity index (χ0v) is 13.8. The van der Waals surface area contributed by atoms with Gasteiger partial charge in [-0.3, -0.25) is 9.67 Å². The van der Waals surface area contributed by atoms with Crippen molar-refractivity contribution < 1.29 is 4.74 Å². The summed E-state index contributed by atoms with van der Waals surface area (Å²) in [5.74, 6) is 0.901. The Morgan fingerprint density at radius 1 is 1.41 bits per heavy atom. The molecular weight excluding hydrogens is 278 g/mol. The molecule has 0 bridgehead atoms. The molecule has 2 rings (SSSR count). The first-order chi connectivity index (χ1) is 10.8. The first-order valence-electron chi connectivity index (χ1n) is 8.26. The Morgan fingerprint density at radius 2 is 2.27 bits per heavy atom. The highest BCUT2D eigenvalue weighted by Gasteiger charge is 2.36. The van der Waals surface area contributed by atoms with Crippen LogP contribution < -0.4 is 10.6 Å². The summed E-state index contributed by atoms with van der Waals surface area (Å²) in [5.41, 5.74) is 0.361. The van der Waals surface area contributed by atoms with Crippen molar-refractivity contribution in [3.05, 3.63) is 18.5 Å². The third kappa shape index (κ3) is 5.02. The van der Waals surface area contributed by atoms with Gasteiger partial charge in [0.05, 0.1) is 6.54 Å². The van der Waals surface area contributed by atoms with Crippen LogP contribution in [0.4, 0.5) is 0 Å². The third-order valence-electron chi connectivity index (χ3n) is 4.36. The van der Waals surface area contributed by atoms with Crippen LogP contribution in [-0.4, -0.2) is 49.1 Å². The molecule has 1 aromatic rings. The van der Waals surface area contributed by atoms with Crippen molar-refractivity contribution in [1.29, 1.82) is 0 Å². The standard InChI is InChI=1S/C16H29N5O/c1-3-17-15(18-10-12-21-11-5-9-20-21)19-14-16(6-4-7-16)8-13-22-2/h5,9,11H,3-4,6-8,10,12-14H2,1-2H3,(H2,17,18,19). The molecule has 0 aromatic carbocycles. The number of aromatic nitrogens is 2. The molecule has 1 saturated carbocycles. The lowest BCUT2D eigenvalue weighted by Gasteiger charge is -2.40. The number of hydrogen-bond acceptors (Lipinski definition) is 3. The van der Waals surface area contributed by atoms with Gasteiger partial charge in [0.2, 0.25) is 0 Å². The summed E-state index contributed by atoms with van der Waals surface area (Å²) in [6, 6.07) is 1.94. The maximum atomic E-state index is 5.24. The molecule has 0 spiro atoms. The van der Waals surface area contributed by atoms with E-state index < -0.39 is 0 Å². The van der Waals surface area contributed by atoms with Crippen LogP contribution in [0.15, 0.2) is 23.5 Å². The summed E-state index contributed by atoms with van der Waals surface area (Å²) in [7, 11) is 1.77. The van der Waals surface area contributed by atoms with Gasteiger partial charge in [0.25, 0.3) is 0 Å². The predicted octanol–water partition coefficient (Wildman–Crippen LogP) is 1.64. The Labute approximate surface area is 133 Å². The average Bonchev–Trinajstić information content (AvgIpc) is 2.99. The topological polar surface area (TPSA) is 63.5 Å². The van der Waals surface area contributed by atoms with Gasteiger partial charge in [-0.15, -0.1) is 0 Å². The van der Waals surface area contributed by atoms with Crippen LogP contribution in [0.25, 0.3) is 0 Å². The van der Waals surface area contributed by atoms with Crippen LogP contribution >= 0.6 is 0 Å². The minimum absolute atomic E-state index is 0.361. The van der Waals surface area contributed by atoms with Crippen molar-refractivity contribution >= 4 is 5.96 Å². The molecule has 0 unspecified atom stereocenters. The molecule has 22 heavy (non-hydrogen) atoms. The molecule has 1 aliphatic carbocycles. The SMILES string of the molecule is CCNC(=NCC1(CCOC)CCC1)NCCn1cccn1. The molecule has 0 atom stereocenters. The molecule has 1 heterocycles. The fourth-order valence-corrected chi connectivity index (χ4v) is 2.79. The number of nitrogens with one attached hydrogen (secondary N) is 2. The molecular formula is C16H29N5O. The lowest BCUT2D eigenvalue weighted by molar-refractivity contribution is 0.0778. The Balaban J connectivity index is 1.80. The maximum Gasteiger partial charge on any atom is 0.191 e. The fourth-order valence-electron chi connectivity index (χ4n) is 2.79. The van der Waals surface area contributed by atoms with E-state index in [9.17, 15) is 0 Å². The van der Waals surface area contributed by atoms with Gasteiger partial charge in [0.1, 0.15) is 0 Å². The Kier molecular flexibility index (Phi) is 6.71. The molecule has 1 aliphatic rings. The van der Waals surface area contributed by atoms with Crippen molar-refractivity contribution in [3.63, 3.8) is 0 Å². The van der Waals surface area contributed by atoms with E-state index in [1.807, 2.05) is 16.9 Å². The van der Waals surface area contributed by atoms with E-state index in [4.69, 9.17) is 9.73 Å². The van der Waals surface area contributed by atoms with Gasteiger partial charge >= 0.3 is 0 Å². The second kappa shape index (κ2) is 8.78. The number of aliphatic imine (C=N–C) groups is 1. The molecule has 0 saturated heterocycles. The van der Waals surface area contributed by atoms with Gasteiger partial charge in [-0.1, -0.05) is 6.42 Å². The van der Waals surface area contributed by atoms with Crippen molar-refractivity contribution in [3.8, 4) is 0 Å². The average molecular weight is 307 g/mol. The van der Waals surface area contributed by atoms with E-state index in [1.54, 1.807) is 13.3 Å². The summed E-state index contributed by atoms with van der Waals surface area (Å²) in [5, 5.41) is 10.9. The second-order valence-corrected chi connectivity index (χ2v) is 5.99. The Hall–Kier alpha value is -1.56. The van der Waals surface area contributed by atoms with Gasteiger partial charge in [0.15, 0.2) is 5.96 Å². The van der Waals surface area contributed by atoms with E-state index in [-0.39, 0.29) is 0 Å². The van der Waals surface area contributed by atoms with Crippen molar-refractivity contribution in [2.24, 2.45) is 10.4 Å². The van der Waals surface area contributed by atoms with Gasteiger partial charge in [-0.2, -0.15) is 5.10 Å². The van der Waals surface area contributed by atoms with Crippen LogP contribution in [0.2, 0.25) is 0 Å². The lowest BCUT2D eigenvalue weighted by atomic mass is 9.67. The molecule has 1 aromatic heterocycles. The number of hydrogen-bond donors (Lipinski definition) is 2. The molecule has 0 aliphatic heterocycles. The smallest absolute Gasteiger partial charge is 0.191 e. The van der Waals surface area contributed by atoms with Crippen LogP contribution in [0.3, 0.4) is 0 Å². The number of rotatable bonds is 9. The maximum absolute atomic E-state index is 5.24. The van der Waals surface area contributed by atoms with Gasteiger partial charge in [0, 0.05) is 45.7 Å². The zero-order valence-electron chi connectivity index (χ0n) is 13.8. The van der Waals surface area contributed by atoms with Gasteiger partial charge in [-0.25, -0.2) is 0 Å². The van der Waals surface area contributed by atoms with Crippen LogP contribution in [-0.2, 0) is 11.3 Å². The lowest BCUT2D eigenvalue weighted by Crippen LogP contribution is -2.41. The number of ether oxygens (including phenoxy) is 1. The van der Waals surface area contributed by atoms with E-state index in [1.165, 1.54) is 19.3 Å². The van der Waals surface area contributed by atoms with E-state index >= 15 is 0 Å². The highest BCUT2D eigenvalue weighted by Crippen LogP contribution is 2.44. The summed E-state index contributed by atoms with van der Waals surface area (Å²) >= 11 is 0. The Morgan fingerprint density at radius 3 is 2.86 bits per heavy atom. The minimum Gasteiger partial charge on any atom is -0.385 e. The normalized spacial score (nSPS) is 17.1. The number of nitrogens with zero attached hydrogens (tertiary/aromatic N) is 3. The van der Waals surface area contributed by atoms with E-state index in [0.29, 0.717) is 5.41 Å². The summed E-state index contributed by atoms with van der Waals surface area (Å²) in [6.45, 7) is 6.34. The fraction of sp³-hybridized carbons (Fsp3) is 0.750. The summed E-state index contributed by atoms with van der Waals surface area (Å²) in [4.78, 5) is 4.79. The van der Waals surface area contributed by atoms with Crippen molar-refractivity contribution in [1.82, 2.24) is 20.4 Å². The van der Waals surface area contributed by atoms with Gasteiger partial charge in [-0.05, 0) is 37.7 Å². The largest absolute Gasteiger partial charge is 0.385 e. The highest BCUT2D eigenvalue weighted by molar-refractivity contribution is 5.79. The third-order valence-corrected chi connectivity index (χ3v) is 4.36. The van der Waals surface area contributed by atoms with Crippen molar-refractivity contribution in [2.45, 2.75) is 39.2 Å². The monoisotopic (exact) mass is 307 g/mol. The van der Waals surface area contributed by atoms with Crippen LogP contribution in [0.1, 0.15) is 32.6 Å². The van der Waals surface area contributed by atoms with Crippen molar-refractivity contribution in [2.75, 3.05) is 33.4 Å². The van der Waals surface area contributed by atoms with E-state index in [0.717, 1.165) is 45.2 Å². The molecule has 6 heteroatoms. The molecule has 0 radical (unpaired) electrons. The minimum atomic E-state index is 0.361. The second-order valence-electron chi connectivity index (χ2n) is 5.99. The van der Waals surface area contributed by atoms with Gasteiger partial charge < -0.3 is 15.4 Å². The first-order valence-corrected chi connectivity index (χ1v) is 8.26. The molecule has 124 valence electrons. The quantitative estimate of drug-likeness (QED) is 0.538. The Bertz CT molecular complexity index is 439. The molecule has 0 amide bonds. The van der Waals surface area contributed by atoms with E-state index in [2.05, 4.69) is 22.7 Å². The number of methoxy groups -OCH3 is 1. The summed E-state index contributed by atoms with van der Waals surface area (Å²) < 4.78 is 7.16. The zero-order chi connectivity index (χ0) is 15.7. The molecule has 6 nitrogen and oxygen atoms in total. The molecule has 1 fully saturated rings. The predicted molar refractivity (Wildman–Crippen MR) is 89.0 cm³/mol. The highest BCUT2D eigenvalue weighted by atomic mass is 16.5. The number of guanidine groups is 1. The van der Waals surface area contributed by atoms with Crippen LogP contribution in [0, 0.1) is 5.41 Å². The molecule has 2 N–H and O–H groups in total. The van der Waals surface area contributed by atoms with Crippen LogP contribution in [0.5, 0.6) is 0 Å². The first kappa shape index (κ1) is 16.8.